The number of aryl methyl sites for hydroxylation is 1. The van der Waals surface area contributed by atoms with Gasteiger partial charge in [0.1, 0.15) is 0 Å². The summed E-state index contributed by atoms with van der Waals surface area (Å²) in [5.41, 5.74) is 7.02. The van der Waals surface area contributed by atoms with Crippen LogP contribution in [0.1, 0.15) is 5.56 Å². The van der Waals surface area contributed by atoms with Crippen molar-refractivity contribution in [2.45, 2.75) is 6.92 Å². The second-order valence-corrected chi connectivity index (χ2v) is 2.19. The number of hydrogen-bond donors (Lipinski definition) is 2. The highest BCUT2D eigenvalue weighted by Crippen LogP contribution is 2.17. The fourth-order valence-electron chi connectivity index (χ4n) is 0.537. The summed E-state index contributed by atoms with van der Waals surface area (Å²) in [5, 5.41) is 0.384. The Balaban J connectivity index is 0.000000810. The highest BCUT2D eigenvalue weighted by molar-refractivity contribution is 6.31. The Morgan fingerprint density at radius 2 is 2.20 bits per heavy atom. The Morgan fingerprint density at radius 1 is 1.60 bits per heavy atom. The van der Waals surface area contributed by atoms with E-state index in [9.17, 15) is 0 Å². The predicted octanol–water partition coefficient (Wildman–Crippen LogP) is 1.79. The number of pyridine rings is 1. The molecular weight excluding hydrogens is 150 g/mol. The van der Waals surface area contributed by atoms with Gasteiger partial charge in [0.05, 0.1) is 5.69 Å². The summed E-state index contributed by atoms with van der Waals surface area (Å²) in [6.07, 6.45) is 1.63. The maximum atomic E-state index is 5.58. The van der Waals surface area contributed by atoms with Gasteiger partial charge < -0.3 is 11.9 Å². The van der Waals surface area contributed by atoms with Crippen LogP contribution in [0, 0.1) is 6.92 Å². The summed E-state index contributed by atoms with van der Waals surface area (Å²) in [5.74, 6) is 0. The van der Waals surface area contributed by atoms with Crippen LogP contribution in [0.2, 0.25) is 5.15 Å². The van der Waals surface area contributed by atoms with Gasteiger partial charge in [0, 0.05) is 6.20 Å². The summed E-state index contributed by atoms with van der Waals surface area (Å²) < 4.78 is 0. The zero-order valence-electron chi connectivity index (χ0n) is 5.76. The molecule has 4 heteroatoms. The molecule has 0 spiro atoms. The first-order valence-corrected chi connectivity index (χ1v) is 2.96. The standard InChI is InChI=1S/C6H7ClN2.H3N/c1-4-2-3-9-6(7)5(4)8;/h2-3H,8H2,1H3;1H3. The van der Waals surface area contributed by atoms with Gasteiger partial charge in [-0.15, -0.1) is 0 Å². The van der Waals surface area contributed by atoms with E-state index >= 15 is 0 Å². The number of halogens is 1. The molecule has 0 fully saturated rings. The molecule has 0 radical (unpaired) electrons. The van der Waals surface area contributed by atoms with Crippen LogP contribution < -0.4 is 11.9 Å². The quantitative estimate of drug-likeness (QED) is 0.567. The van der Waals surface area contributed by atoms with E-state index < -0.39 is 0 Å². The monoisotopic (exact) mass is 159 g/mol. The van der Waals surface area contributed by atoms with Crippen LogP contribution >= 0.6 is 11.6 Å². The minimum atomic E-state index is 0. The largest absolute Gasteiger partial charge is 0.396 e. The summed E-state index contributed by atoms with van der Waals surface area (Å²) in [4.78, 5) is 3.78. The molecule has 56 valence electrons. The smallest absolute Gasteiger partial charge is 0.152 e. The molecule has 0 bridgehead atoms. The third-order valence-corrected chi connectivity index (χ3v) is 1.46. The molecule has 0 aliphatic rings. The van der Waals surface area contributed by atoms with E-state index in [2.05, 4.69) is 4.98 Å². The van der Waals surface area contributed by atoms with Gasteiger partial charge in [-0.05, 0) is 18.6 Å². The second-order valence-electron chi connectivity index (χ2n) is 1.83. The topological polar surface area (TPSA) is 73.9 Å². The SMILES string of the molecule is Cc1ccnc(Cl)c1N.N. The lowest BCUT2D eigenvalue weighted by atomic mass is 10.3. The number of aromatic nitrogens is 1. The molecule has 5 N–H and O–H groups in total. The zero-order valence-corrected chi connectivity index (χ0v) is 6.52. The first-order chi connectivity index (χ1) is 4.22. The first-order valence-electron chi connectivity index (χ1n) is 2.58. The normalized spacial score (nSPS) is 8.60. The van der Waals surface area contributed by atoms with Gasteiger partial charge in [-0.25, -0.2) is 4.98 Å². The Bertz CT molecular complexity index is 204. The minimum Gasteiger partial charge on any atom is -0.396 e. The van der Waals surface area contributed by atoms with E-state index in [1.165, 1.54) is 0 Å². The maximum Gasteiger partial charge on any atom is 0.152 e. The highest BCUT2D eigenvalue weighted by Gasteiger charge is 1.96. The number of nitrogens with two attached hydrogens (primary N) is 1. The second kappa shape index (κ2) is 3.39. The van der Waals surface area contributed by atoms with E-state index in [4.69, 9.17) is 17.3 Å². The summed E-state index contributed by atoms with van der Waals surface area (Å²) in [6, 6.07) is 1.82. The lowest BCUT2D eigenvalue weighted by molar-refractivity contribution is 1.29. The van der Waals surface area contributed by atoms with Gasteiger partial charge in [-0.2, -0.15) is 0 Å². The van der Waals surface area contributed by atoms with Gasteiger partial charge in [-0.1, -0.05) is 11.6 Å². The van der Waals surface area contributed by atoms with Crippen molar-refractivity contribution < 1.29 is 0 Å². The average Bonchev–Trinajstić information content (AvgIpc) is 1.83. The fourth-order valence-corrected chi connectivity index (χ4v) is 0.742. The van der Waals surface area contributed by atoms with Crippen LogP contribution in [0.4, 0.5) is 5.69 Å². The number of nitrogens with zero attached hydrogens (tertiary/aromatic N) is 1. The Hall–Kier alpha value is -0.800. The van der Waals surface area contributed by atoms with E-state index in [0.717, 1.165) is 5.56 Å². The van der Waals surface area contributed by atoms with Crippen molar-refractivity contribution in [3.63, 3.8) is 0 Å². The molecule has 0 atom stereocenters. The molecule has 0 aliphatic heterocycles. The number of anilines is 1. The van der Waals surface area contributed by atoms with Crippen molar-refractivity contribution in [3.05, 3.63) is 23.0 Å². The van der Waals surface area contributed by atoms with Crippen LogP contribution in [0.3, 0.4) is 0 Å². The first kappa shape index (κ1) is 9.20. The third kappa shape index (κ3) is 1.59. The summed E-state index contributed by atoms with van der Waals surface area (Å²) in [6.45, 7) is 1.89. The van der Waals surface area contributed by atoms with Crippen molar-refractivity contribution >= 4 is 17.3 Å². The van der Waals surface area contributed by atoms with Gasteiger partial charge >= 0.3 is 0 Å². The van der Waals surface area contributed by atoms with E-state index in [-0.39, 0.29) is 6.15 Å². The Kier molecular flexibility index (Phi) is 3.12. The Labute approximate surface area is 64.8 Å². The van der Waals surface area contributed by atoms with Crippen molar-refractivity contribution in [3.8, 4) is 0 Å². The van der Waals surface area contributed by atoms with Gasteiger partial charge in [0.15, 0.2) is 5.15 Å². The lowest BCUT2D eigenvalue weighted by Crippen LogP contribution is -1.91. The van der Waals surface area contributed by atoms with E-state index in [0.29, 0.717) is 10.8 Å². The van der Waals surface area contributed by atoms with Crippen molar-refractivity contribution in [1.82, 2.24) is 11.1 Å². The molecule has 0 saturated heterocycles. The number of hydrogen-bond acceptors (Lipinski definition) is 3. The van der Waals surface area contributed by atoms with Crippen molar-refractivity contribution in [2.24, 2.45) is 0 Å². The van der Waals surface area contributed by atoms with Crippen molar-refractivity contribution in [2.75, 3.05) is 5.73 Å². The van der Waals surface area contributed by atoms with Gasteiger partial charge in [-0.3, -0.25) is 0 Å². The van der Waals surface area contributed by atoms with Crippen molar-refractivity contribution in [1.29, 1.82) is 0 Å². The molecule has 0 aromatic carbocycles. The molecule has 1 aromatic heterocycles. The van der Waals surface area contributed by atoms with Gasteiger partial charge in [0.25, 0.3) is 0 Å². The maximum absolute atomic E-state index is 5.58. The summed E-state index contributed by atoms with van der Waals surface area (Å²) >= 11 is 5.58. The minimum absolute atomic E-state index is 0. The van der Waals surface area contributed by atoms with Crippen LogP contribution in [-0.2, 0) is 0 Å². The van der Waals surface area contributed by atoms with E-state index in [1.807, 2.05) is 13.0 Å². The molecule has 3 nitrogen and oxygen atoms in total. The molecule has 1 rings (SSSR count). The predicted molar refractivity (Wildman–Crippen MR) is 43.4 cm³/mol. The Morgan fingerprint density at radius 3 is 2.60 bits per heavy atom. The van der Waals surface area contributed by atoms with Crippen LogP contribution in [0.15, 0.2) is 12.3 Å². The molecule has 0 unspecified atom stereocenters. The molecular formula is C6H10ClN3. The summed E-state index contributed by atoms with van der Waals surface area (Å²) in [7, 11) is 0. The number of rotatable bonds is 0. The van der Waals surface area contributed by atoms with Gasteiger partial charge in [0.2, 0.25) is 0 Å². The number of nitrogen functional groups attached to an aromatic ring is 1. The highest BCUT2D eigenvalue weighted by atomic mass is 35.5. The zero-order chi connectivity index (χ0) is 6.85. The lowest BCUT2D eigenvalue weighted by Gasteiger charge is -1.97. The molecule has 0 saturated carbocycles. The van der Waals surface area contributed by atoms with Crippen LogP contribution in [0.5, 0.6) is 0 Å². The molecule has 10 heavy (non-hydrogen) atoms. The van der Waals surface area contributed by atoms with Crippen LogP contribution in [0.25, 0.3) is 0 Å². The van der Waals surface area contributed by atoms with Crippen LogP contribution in [-0.4, -0.2) is 4.98 Å². The fraction of sp³-hybridized carbons (Fsp3) is 0.167. The molecule has 1 heterocycles. The van der Waals surface area contributed by atoms with E-state index in [1.54, 1.807) is 6.20 Å². The third-order valence-electron chi connectivity index (χ3n) is 1.16. The molecule has 1 aromatic rings. The molecule has 0 amide bonds. The average molecular weight is 160 g/mol. The molecule has 0 aliphatic carbocycles.